The van der Waals surface area contributed by atoms with Crippen molar-refractivity contribution in [2.45, 2.75) is 76.7 Å². The maximum atomic E-state index is 13.1. The van der Waals surface area contributed by atoms with Gasteiger partial charge in [0.2, 0.25) is 35.4 Å². The van der Waals surface area contributed by atoms with Gasteiger partial charge in [0.25, 0.3) is 11.8 Å². The van der Waals surface area contributed by atoms with Crippen LogP contribution in [0.15, 0.2) is 42.6 Å². The summed E-state index contributed by atoms with van der Waals surface area (Å²) < 4.78 is 1.37. The molecule has 3 aromatic rings. The van der Waals surface area contributed by atoms with E-state index in [9.17, 15) is 38.4 Å². The van der Waals surface area contributed by atoms with E-state index in [0.29, 0.717) is 52.2 Å². The maximum absolute atomic E-state index is 13.1. The summed E-state index contributed by atoms with van der Waals surface area (Å²) in [5, 5.41) is 18.4. The average Bonchev–Trinajstić information content (AvgIpc) is 3.77. The monoisotopic (exact) mass is 695 g/mol. The molecule has 0 saturated carbocycles. The molecule has 4 N–H and O–H groups in total. The highest BCUT2D eigenvalue weighted by molar-refractivity contribution is 6.08. The van der Waals surface area contributed by atoms with Gasteiger partial charge in [-0.15, -0.1) is 5.10 Å². The predicted molar refractivity (Wildman–Crippen MR) is 175 cm³/mol. The van der Waals surface area contributed by atoms with E-state index < -0.39 is 29.8 Å². The summed E-state index contributed by atoms with van der Waals surface area (Å²) in [5.41, 5.74) is 3.46. The van der Waals surface area contributed by atoms with Gasteiger partial charge in [0.05, 0.1) is 5.69 Å². The molecule has 7 rings (SSSR count). The molecule has 1 aromatic heterocycles. The van der Waals surface area contributed by atoms with Crippen molar-refractivity contribution >= 4 is 58.6 Å². The number of hydrogen-bond acceptors (Lipinski definition) is 10. The quantitative estimate of drug-likeness (QED) is 0.214. The Morgan fingerprint density at radius 3 is 1.80 bits per heavy atom. The van der Waals surface area contributed by atoms with E-state index in [4.69, 9.17) is 0 Å². The molecule has 262 valence electrons. The number of nitrogens with zero attached hydrogens (tertiary/aromatic N) is 5. The summed E-state index contributed by atoms with van der Waals surface area (Å²) in [6.45, 7) is 0.0958. The first kappa shape index (κ1) is 33.2. The minimum Gasteiger partial charge on any atom is -0.326 e. The number of imide groups is 2. The van der Waals surface area contributed by atoms with Crippen LogP contribution in [0.25, 0.3) is 0 Å². The Balaban J connectivity index is 0.894. The van der Waals surface area contributed by atoms with E-state index in [0.717, 1.165) is 0 Å². The number of aromatic nitrogens is 3. The number of anilines is 2. The third kappa shape index (κ3) is 6.69. The van der Waals surface area contributed by atoms with Gasteiger partial charge in [0.15, 0.2) is 0 Å². The molecule has 5 heterocycles. The van der Waals surface area contributed by atoms with Crippen LogP contribution in [0.5, 0.6) is 0 Å². The molecule has 4 aliphatic rings. The second-order valence-corrected chi connectivity index (χ2v) is 12.8. The molecular weight excluding hydrogens is 662 g/mol. The zero-order valence-corrected chi connectivity index (χ0v) is 27.3. The first-order valence-corrected chi connectivity index (χ1v) is 16.6. The summed E-state index contributed by atoms with van der Waals surface area (Å²) in [6, 6.07) is 8.43. The van der Waals surface area contributed by atoms with Gasteiger partial charge in [-0.05, 0) is 49.9 Å². The van der Waals surface area contributed by atoms with Crippen LogP contribution in [0.3, 0.4) is 0 Å². The number of carbonyl (C=O) groups is 8. The van der Waals surface area contributed by atoms with E-state index in [2.05, 4.69) is 31.6 Å². The Labute approximate surface area is 290 Å². The molecule has 0 aliphatic carbocycles. The van der Waals surface area contributed by atoms with Crippen molar-refractivity contribution in [3.05, 3.63) is 70.5 Å². The molecule has 4 aliphatic heterocycles. The normalized spacial score (nSPS) is 19.8. The fourth-order valence-corrected chi connectivity index (χ4v) is 6.92. The summed E-state index contributed by atoms with van der Waals surface area (Å²) in [4.78, 5) is 103. The molecule has 51 heavy (non-hydrogen) atoms. The molecule has 2 aromatic carbocycles. The minimum atomic E-state index is -0.770. The number of rotatable bonds is 10. The molecule has 0 bridgehead atoms. The first-order chi connectivity index (χ1) is 24.5. The number of nitrogens with one attached hydrogen (secondary N) is 4. The number of aryl methyl sites for hydroxylation is 1. The average molecular weight is 696 g/mol. The fraction of sp³-hybridized carbons (Fsp3) is 0.353. The van der Waals surface area contributed by atoms with Crippen LogP contribution in [0.2, 0.25) is 0 Å². The van der Waals surface area contributed by atoms with Gasteiger partial charge in [-0.2, -0.15) is 0 Å². The molecule has 2 saturated heterocycles. The topological polar surface area (TPSA) is 222 Å². The molecule has 8 amide bonds. The molecule has 0 spiro atoms. The van der Waals surface area contributed by atoms with Crippen molar-refractivity contribution in [1.29, 1.82) is 0 Å². The van der Waals surface area contributed by atoms with E-state index in [1.807, 2.05) is 0 Å². The lowest BCUT2D eigenvalue weighted by Gasteiger charge is -2.29. The number of benzene rings is 2. The lowest BCUT2D eigenvalue weighted by molar-refractivity contribution is -0.138. The molecule has 2 atom stereocenters. The van der Waals surface area contributed by atoms with Crippen molar-refractivity contribution in [3.63, 3.8) is 0 Å². The third-order valence-electron chi connectivity index (χ3n) is 9.44. The summed E-state index contributed by atoms with van der Waals surface area (Å²) in [6.07, 6.45) is 3.36. The number of piperidine rings is 2. The Bertz CT molecular complexity index is 2020. The smallest absolute Gasteiger partial charge is 0.255 e. The predicted octanol–water partition coefficient (Wildman–Crippen LogP) is 0.400. The van der Waals surface area contributed by atoms with Gasteiger partial charge in [0.1, 0.15) is 18.6 Å². The first-order valence-electron chi connectivity index (χ1n) is 16.6. The third-order valence-corrected chi connectivity index (χ3v) is 9.44. The standard InChI is InChI=1S/C34H33N9O8/c44-27(35-23-7-2-5-19-21(23)15-42(33(19)50)25-10-12-28(45)37-31(25)48)9-1-4-18-14-41(40-39-18)17-30(47)36-24-8-3-6-20-22(24)16-43(34(20)51)26-11-13-29(46)38-32(26)49/h2-3,5-8,14,25-26H,1,4,9-13,15-17H2,(H,35,44)(H,36,47)(H,37,45,48)(H,38,46,49). The number of hydrogen-bond donors (Lipinski definition) is 4. The highest BCUT2D eigenvalue weighted by Crippen LogP contribution is 2.34. The largest absolute Gasteiger partial charge is 0.326 e. The molecule has 2 unspecified atom stereocenters. The fourth-order valence-electron chi connectivity index (χ4n) is 6.92. The molecule has 2 fully saturated rings. The highest BCUT2D eigenvalue weighted by Gasteiger charge is 2.41. The second-order valence-electron chi connectivity index (χ2n) is 12.8. The number of amides is 8. The van der Waals surface area contributed by atoms with Crippen molar-refractivity contribution in [1.82, 2.24) is 35.4 Å². The van der Waals surface area contributed by atoms with Crippen molar-refractivity contribution in [3.8, 4) is 0 Å². The summed E-state index contributed by atoms with van der Waals surface area (Å²) in [7, 11) is 0. The van der Waals surface area contributed by atoms with E-state index in [1.165, 1.54) is 14.5 Å². The lowest BCUT2D eigenvalue weighted by atomic mass is 10.0. The Hall–Kier alpha value is -6.26. The van der Waals surface area contributed by atoms with E-state index >= 15 is 0 Å². The van der Waals surface area contributed by atoms with Crippen molar-refractivity contribution in [2.24, 2.45) is 0 Å². The zero-order chi connectivity index (χ0) is 35.8. The van der Waals surface area contributed by atoms with Gasteiger partial charge >= 0.3 is 0 Å². The van der Waals surface area contributed by atoms with Crippen LogP contribution in [0, 0.1) is 0 Å². The van der Waals surface area contributed by atoms with Crippen LogP contribution in [0.4, 0.5) is 11.4 Å². The molecule has 17 nitrogen and oxygen atoms in total. The zero-order valence-electron chi connectivity index (χ0n) is 27.3. The second kappa shape index (κ2) is 13.6. The Morgan fingerprint density at radius 1 is 0.745 bits per heavy atom. The van der Waals surface area contributed by atoms with Gasteiger partial charge < -0.3 is 20.4 Å². The number of carbonyl (C=O) groups excluding carboxylic acids is 8. The lowest BCUT2D eigenvalue weighted by Crippen LogP contribution is -2.52. The molecule has 17 heteroatoms. The number of fused-ring (bicyclic) bond motifs is 2. The maximum Gasteiger partial charge on any atom is 0.255 e. The Kier molecular flexibility index (Phi) is 8.84. The van der Waals surface area contributed by atoms with Crippen LogP contribution < -0.4 is 21.3 Å². The van der Waals surface area contributed by atoms with Crippen LogP contribution in [-0.2, 0) is 54.8 Å². The molecular formula is C34H33N9O8. The summed E-state index contributed by atoms with van der Waals surface area (Å²) in [5.74, 6) is -3.11. The van der Waals surface area contributed by atoms with Crippen LogP contribution >= 0.6 is 0 Å². The van der Waals surface area contributed by atoms with Crippen LogP contribution in [0.1, 0.15) is 76.1 Å². The Morgan fingerprint density at radius 2 is 1.27 bits per heavy atom. The summed E-state index contributed by atoms with van der Waals surface area (Å²) >= 11 is 0. The minimum absolute atomic E-state index is 0.115. The van der Waals surface area contributed by atoms with E-state index in [-0.39, 0.29) is 81.3 Å². The highest BCUT2D eigenvalue weighted by atomic mass is 16.2. The SMILES string of the molecule is O=C1CCC(N2Cc3c(NC(=O)CCCc4cn(CC(=O)Nc5cccc6c5CN(C5CCC(=O)NC5=O)C6=O)nn4)cccc3C2=O)C(=O)N1. The van der Waals surface area contributed by atoms with Gasteiger partial charge in [-0.3, -0.25) is 49.0 Å². The van der Waals surface area contributed by atoms with Gasteiger partial charge in [0, 0.05) is 72.2 Å². The van der Waals surface area contributed by atoms with E-state index in [1.54, 1.807) is 42.6 Å². The van der Waals surface area contributed by atoms with Gasteiger partial charge in [-0.25, -0.2) is 4.68 Å². The van der Waals surface area contributed by atoms with Crippen LogP contribution in [-0.4, -0.2) is 84.1 Å². The molecule has 0 radical (unpaired) electrons. The van der Waals surface area contributed by atoms with Gasteiger partial charge in [-0.1, -0.05) is 17.3 Å². The van der Waals surface area contributed by atoms with Crippen molar-refractivity contribution < 1.29 is 38.4 Å². The van der Waals surface area contributed by atoms with Crippen molar-refractivity contribution in [2.75, 3.05) is 10.6 Å².